The molecule has 0 amide bonds. The van der Waals surface area contributed by atoms with Gasteiger partial charge in [0.25, 0.3) is 0 Å². The molecule has 1 aromatic heterocycles. The second kappa shape index (κ2) is 4.74. The predicted octanol–water partition coefficient (Wildman–Crippen LogP) is 1.09. The van der Waals surface area contributed by atoms with Crippen molar-refractivity contribution in [3.05, 3.63) is 34.2 Å². The van der Waals surface area contributed by atoms with Crippen molar-refractivity contribution in [1.29, 1.82) is 0 Å². The van der Waals surface area contributed by atoms with E-state index in [1.807, 2.05) is 12.3 Å². The molecule has 1 N–H and O–H groups in total. The van der Waals surface area contributed by atoms with E-state index in [9.17, 15) is 4.79 Å². The first kappa shape index (κ1) is 10.6. The maximum absolute atomic E-state index is 10.7. The zero-order valence-corrected chi connectivity index (χ0v) is 9.37. The third-order valence-electron chi connectivity index (χ3n) is 1.83. The average molecular weight is 235 g/mol. The van der Waals surface area contributed by atoms with Crippen molar-refractivity contribution in [3.8, 4) is 0 Å². The summed E-state index contributed by atoms with van der Waals surface area (Å²) in [6.45, 7) is 2.31. The highest BCUT2D eigenvalue weighted by atomic mass is 32.1. The lowest BCUT2D eigenvalue weighted by Gasteiger charge is -2.13. The van der Waals surface area contributed by atoms with Crippen molar-refractivity contribution >= 4 is 23.1 Å². The zero-order chi connectivity index (χ0) is 11.4. The van der Waals surface area contributed by atoms with Gasteiger partial charge in [-0.25, -0.2) is 14.8 Å². The highest BCUT2D eigenvalue weighted by molar-refractivity contribution is 7.11. The highest BCUT2D eigenvalue weighted by Crippen LogP contribution is 2.16. The Morgan fingerprint density at radius 2 is 2.50 bits per heavy atom. The minimum absolute atomic E-state index is 0.158. The van der Waals surface area contributed by atoms with Crippen molar-refractivity contribution in [2.24, 2.45) is 4.99 Å². The number of thiazole rings is 1. The molecule has 2 rings (SSSR count). The summed E-state index contributed by atoms with van der Waals surface area (Å²) < 4.78 is 5.23. The molecule has 1 aliphatic heterocycles. The summed E-state index contributed by atoms with van der Waals surface area (Å²) in [6.07, 6.45) is 3.27. The van der Waals surface area contributed by atoms with Crippen LogP contribution in [-0.4, -0.2) is 23.4 Å². The molecule has 2 heterocycles. The molecular weight excluding hydrogens is 226 g/mol. The van der Waals surface area contributed by atoms with E-state index in [-0.39, 0.29) is 5.70 Å². The molecule has 16 heavy (non-hydrogen) atoms. The SMILES string of the molecule is CCOC1=CNC(c2nccs2)=NC1=C=O. The van der Waals surface area contributed by atoms with Crippen LogP contribution < -0.4 is 5.32 Å². The number of ether oxygens (including phenoxy) is 1. The Labute approximate surface area is 96.2 Å². The number of carbonyl (C=O) groups excluding carboxylic acids is 1. The Morgan fingerprint density at radius 1 is 1.62 bits per heavy atom. The Bertz CT molecular complexity index is 484. The van der Waals surface area contributed by atoms with Crippen LogP contribution in [0.1, 0.15) is 11.9 Å². The number of aromatic nitrogens is 1. The first-order valence-electron chi connectivity index (χ1n) is 4.68. The molecule has 5 nitrogen and oxygen atoms in total. The third-order valence-corrected chi connectivity index (χ3v) is 2.61. The van der Waals surface area contributed by atoms with Gasteiger partial charge in [-0.15, -0.1) is 11.3 Å². The Kier molecular flexibility index (Phi) is 3.14. The number of rotatable bonds is 3. The summed E-state index contributed by atoms with van der Waals surface area (Å²) in [7, 11) is 0. The van der Waals surface area contributed by atoms with E-state index in [1.54, 1.807) is 18.3 Å². The second-order valence-electron chi connectivity index (χ2n) is 2.83. The normalized spacial score (nSPS) is 14.7. The molecule has 82 valence electrons. The van der Waals surface area contributed by atoms with Crippen LogP contribution >= 0.6 is 11.3 Å². The fourth-order valence-electron chi connectivity index (χ4n) is 1.19. The molecule has 1 aliphatic rings. The van der Waals surface area contributed by atoms with Crippen LogP contribution in [0, 0.1) is 0 Å². The van der Waals surface area contributed by atoms with E-state index >= 15 is 0 Å². The van der Waals surface area contributed by atoms with Crippen LogP contribution in [0.5, 0.6) is 0 Å². The van der Waals surface area contributed by atoms with Gasteiger partial charge in [-0.2, -0.15) is 0 Å². The first-order valence-corrected chi connectivity index (χ1v) is 5.56. The van der Waals surface area contributed by atoms with Gasteiger partial charge in [0.05, 0.1) is 6.61 Å². The number of nitrogens with zero attached hydrogens (tertiary/aromatic N) is 2. The van der Waals surface area contributed by atoms with Crippen LogP contribution in [0.4, 0.5) is 0 Å². The zero-order valence-electron chi connectivity index (χ0n) is 8.56. The molecule has 0 bridgehead atoms. The molecule has 0 radical (unpaired) electrons. The molecule has 6 heteroatoms. The van der Waals surface area contributed by atoms with Gasteiger partial charge in [0.1, 0.15) is 0 Å². The fraction of sp³-hybridized carbons (Fsp3) is 0.200. The maximum Gasteiger partial charge on any atom is 0.192 e. The van der Waals surface area contributed by atoms with E-state index in [0.717, 1.165) is 5.01 Å². The van der Waals surface area contributed by atoms with Crippen LogP contribution in [0.3, 0.4) is 0 Å². The maximum atomic E-state index is 10.7. The van der Waals surface area contributed by atoms with Gasteiger partial charge in [-0.1, -0.05) is 0 Å². The summed E-state index contributed by atoms with van der Waals surface area (Å²) >= 11 is 1.44. The van der Waals surface area contributed by atoms with E-state index in [0.29, 0.717) is 18.2 Å². The molecule has 0 fully saturated rings. The molecular formula is C10H9N3O2S. The second-order valence-corrected chi connectivity index (χ2v) is 3.73. The summed E-state index contributed by atoms with van der Waals surface area (Å²) in [5, 5.41) is 5.49. The highest BCUT2D eigenvalue weighted by Gasteiger charge is 2.16. The minimum atomic E-state index is 0.158. The lowest BCUT2D eigenvalue weighted by molar-refractivity contribution is 0.235. The van der Waals surface area contributed by atoms with E-state index in [1.165, 1.54) is 11.3 Å². The monoisotopic (exact) mass is 235 g/mol. The molecule has 0 saturated heterocycles. The van der Waals surface area contributed by atoms with Gasteiger partial charge < -0.3 is 10.1 Å². The van der Waals surface area contributed by atoms with Gasteiger partial charge >= 0.3 is 0 Å². The Morgan fingerprint density at radius 3 is 3.12 bits per heavy atom. The Hall–Kier alpha value is -1.91. The van der Waals surface area contributed by atoms with Crippen molar-refractivity contribution in [1.82, 2.24) is 10.3 Å². The Balaban J connectivity index is 2.27. The average Bonchev–Trinajstić information content (AvgIpc) is 2.83. The quantitative estimate of drug-likeness (QED) is 0.796. The molecule has 0 aromatic carbocycles. The van der Waals surface area contributed by atoms with Crippen LogP contribution in [0.15, 0.2) is 34.2 Å². The number of amidine groups is 1. The van der Waals surface area contributed by atoms with E-state index in [4.69, 9.17) is 4.74 Å². The van der Waals surface area contributed by atoms with Crippen molar-refractivity contribution in [2.45, 2.75) is 6.92 Å². The number of hydrogen-bond acceptors (Lipinski definition) is 6. The van der Waals surface area contributed by atoms with Crippen LogP contribution in [0.25, 0.3) is 0 Å². The summed E-state index contributed by atoms with van der Waals surface area (Å²) in [6, 6.07) is 0. The molecule has 0 atom stereocenters. The summed E-state index contributed by atoms with van der Waals surface area (Å²) in [5.41, 5.74) is 0.158. The van der Waals surface area contributed by atoms with Gasteiger partial charge in [-0.05, 0) is 6.92 Å². The van der Waals surface area contributed by atoms with E-state index < -0.39 is 0 Å². The topological polar surface area (TPSA) is 63.6 Å². The molecule has 1 aromatic rings. The fourth-order valence-corrected chi connectivity index (χ4v) is 1.78. The molecule has 0 spiro atoms. The molecule has 0 aliphatic carbocycles. The van der Waals surface area contributed by atoms with Gasteiger partial charge in [0.15, 0.2) is 28.2 Å². The molecule has 0 unspecified atom stereocenters. The number of hydrogen-bond donors (Lipinski definition) is 1. The number of aliphatic imine (C=N–C) groups is 1. The van der Waals surface area contributed by atoms with Crippen LogP contribution in [0.2, 0.25) is 0 Å². The number of nitrogens with one attached hydrogen (secondary N) is 1. The summed E-state index contributed by atoms with van der Waals surface area (Å²) in [5.74, 6) is 2.69. The minimum Gasteiger partial charge on any atom is -0.489 e. The predicted molar refractivity (Wildman–Crippen MR) is 60.7 cm³/mol. The van der Waals surface area contributed by atoms with Crippen molar-refractivity contribution in [3.63, 3.8) is 0 Å². The lowest BCUT2D eigenvalue weighted by atomic mass is 10.3. The third kappa shape index (κ3) is 2.03. The largest absolute Gasteiger partial charge is 0.489 e. The van der Waals surface area contributed by atoms with Gasteiger partial charge in [-0.3, -0.25) is 0 Å². The van der Waals surface area contributed by atoms with Crippen LogP contribution in [-0.2, 0) is 9.53 Å². The smallest absolute Gasteiger partial charge is 0.192 e. The van der Waals surface area contributed by atoms with E-state index in [2.05, 4.69) is 15.3 Å². The van der Waals surface area contributed by atoms with Gasteiger partial charge in [0, 0.05) is 17.8 Å². The van der Waals surface area contributed by atoms with Crippen molar-refractivity contribution in [2.75, 3.05) is 6.61 Å². The lowest BCUT2D eigenvalue weighted by Crippen LogP contribution is -2.24. The summed E-state index contributed by atoms with van der Waals surface area (Å²) in [4.78, 5) is 18.9. The molecule has 0 saturated carbocycles. The van der Waals surface area contributed by atoms with Gasteiger partial charge in [0.2, 0.25) is 0 Å². The standard InChI is InChI=1S/C10H9N3O2S/c1-2-15-8-5-12-9(13-7(8)6-14)10-11-3-4-16-10/h3-5H,2H2,1H3,(H,12,13). The first-order chi connectivity index (χ1) is 7.85. The van der Waals surface area contributed by atoms with Crippen molar-refractivity contribution < 1.29 is 9.53 Å².